The van der Waals surface area contributed by atoms with E-state index in [2.05, 4.69) is 0 Å². The molecule has 1 aromatic rings. The fraction of sp³-hybridized carbons (Fsp3) is 0.538. The zero-order chi connectivity index (χ0) is 11.5. The molecule has 0 aliphatic heterocycles. The van der Waals surface area contributed by atoms with Gasteiger partial charge in [0.2, 0.25) is 0 Å². The fourth-order valence-electron chi connectivity index (χ4n) is 1.95. The minimum atomic E-state index is -0.0760. The van der Waals surface area contributed by atoms with Crippen LogP contribution < -0.4 is 10.5 Å². The molecule has 0 unspecified atom stereocenters. The van der Waals surface area contributed by atoms with E-state index in [1.807, 2.05) is 19.1 Å². The van der Waals surface area contributed by atoms with Crippen LogP contribution in [-0.2, 0) is 0 Å². The van der Waals surface area contributed by atoms with Crippen molar-refractivity contribution in [2.45, 2.75) is 32.2 Å². The summed E-state index contributed by atoms with van der Waals surface area (Å²) < 4.78 is 5.34. The fourth-order valence-corrected chi connectivity index (χ4v) is 1.95. The Morgan fingerprint density at radius 1 is 1.47 bits per heavy atom. The van der Waals surface area contributed by atoms with Gasteiger partial charge >= 0.3 is 0 Å². The summed E-state index contributed by atoms with van der Waals surface area (Å²) >= 11 is 0. The van der Waals surface area contributed by atoms with E-state index in [-0.39, 0.29) is 24.2 Å². The molecule has 0 amide bonds. The van der Waals surface area contributed by atoms with Gasteiger partial charge in [0.15, 0.2) is 11.5 Å². The average Bonchev–Trinajstić information content (AvgIpc) is 3.05. The molecule has 1 aliphatic rings. The lowest BCUT2D eigenvalue weighted by Gasteiger charge is -2.15. The van der Waals surface area contributed by atoms with Crippen LogP contribution in [0.5, 0.6) is 11.5 Å². The van der Waals surface area contributed by atoms with Crippen LogP contribution in [0.4, 0.5) is 0 Å². The van der Waals surface area contributed by atoms with Crippen molar-refractivity contribution in [3.63, 3.8) is 0 Å². The van der Waals surface area contributed by atoms with Crippen molar-refractivity contribution in [3.8, 4) is 11.5 Å². The quantitative estimate of drug-likeness (QED) is 0.853. The maximum atomic E-state index is 10.0. The van der Waals surface area contributed by atoms with Gasteiger partial charge in [-0.05, 0) is 25.3 Å². The predicted octanol–water partition coefficient (Wildman–Crippen LogP) is 3.01. The summed E-state index contributed by atoms with van der Waals surface area (Å²) in [5.74, 6) is 1.49. The molecule has 1 saturated carbocycles. The first-order valence-corrected chi connectivity index (χ1v) is 5.92. The normalized spacial score (nSPS) is 16.1. The van der Waals surface area contributed by atoms with Gasteiger partial charge in [-0.2, -0.15) is 0 Å². The summed E-state index contributed by atoms with van der Waals surface area (Å²) in [5, 5.41) is 10.0. The standard InChI is InChI=1S/C13H19NO2.ClH/c1-2-16-12-5-3-4-10(13(12)15)11(14)8-9-6-7-9;/h3-5,9,11,15H,2,6-8,14H2,1H3;1H/t11-;/m1./s1. The molecule has 4 heteroatoms. The van der Waals surface area contributed by atoms with Crippen molar-refractivity contribution in [2.24, 2.45) is 11.7 Å². The van der Waals surface area contributed by atoms with Crippen LogP contribution in [-0.4, -0.2) is 11.7 Å². The molecular weight excluding hydrogens is 238 g/mol. The maximum Gasteiger partial charge on any atom is 0.162 e. The first-order valence-electron chi connectivity index (χ1n) is 5.92. The van der Waals surface area contributed by atoms with Gasteiger partial charge in [0.25, 0.3) is 0 Å². The second-order valence-electron chi connectivity index (χ2n) is 4.41. The molecule has 2 rings (SSSR count). The van der Waals surface area contributed by atoms with Gasteiger partial charge < -0.3 is 15.6 Å². The van der Waals surface area contributed by atoms with E-state index in [0.29, 0.717) is 12.4 Å². The molecule has 3 nitrogen and oxygen atoms in total. The highest BCUT2D eigenvalue weighted by atomic mass is 35.5. The molecule has 96 valence electrons. The van der Waals surface area contributed by atoms with Crippen molar-refractivity contribution < 1.29 is 9.84 Å². The smallest absolute Gasteiger partial charge is 0.162 e. The van der Waals surface area contributed by atoms with E-state index in [0.717, 1.165) is 17.9 Å². The molecule has 0 radical (unpaired) electrons. The van der Waals surface area contributed by atoms with E-state index in [1.54, 1.807) is 6.07 Å². The summed E-state index contributed by atoms with van der Waals surface area (Å²) in [6.45, 7) is 2.45. The lowest BCUT2D eigenvalue weighted by Crippen LogP contribution is -2.11. The summed E-state index contributed by atoms with van der Waals surface area (Å²) in [6, 6.07) is 5.46. The summed E-state index contributed by atoms with van der Waals surface area (Å²) in [6.07, 6.45) is 3.52. The zero-order valence-corrected chi connectivity index (χ0v) is 10.9. The minimum absolute atomic E-state index is 0. The lowest BCUT2D eigenvalue weighted by molar-refractivity contribution is 0.315. The van der Waals surface area contributed by atoms with Crippen molar-refractivity contribution >= 4 is 12.4 Å². The van der Waals surface area contributed by atoms with Crippen molar-refractivity contribution in [3.05, 3.63) is 23.8 Å². The molecule has 0 heterocycles. The van der Waals surface area contributed by atoms with Crippen LogP contribution in [0, 0.1) is 5.92 Å². The van der Waals surface area contributed by atoms with E-state index in [9.17, 15) is 5.11 Å². The number of ether oxygens (including phenoxy) is 1. The second-order valence-corrected chi connectivity index (χ2v) is 4.41. The van der Waals surface area contributed by atoms with Gasteiger partial charge in [-0.25, -0.2) is 0 Å². The Morgan fingerprint density at radius 3 is 2.76 bits per heavy atom. The van der Waals surface area contributed by atoms with Crippen LogP contribution in [0.1, 0.15) is 37.8 Å². The average molecular weight is 258 g/mol. The highest BCUT2D eigenvalue weighted by molar-refractivity contribution is 5.85. The third-order valence-electron chi connectivity index (χ3n) is 3.01. The maximum absolute atomic E-state index is 10.0. The molecule has 1 fully saturated rings. The highest BCUT2D eigenvalue weighted by Gasteiger charge is 2.26. The number of phenols is 1. The minimum Gasteiger partial charge on any atom is -0.504 e. The van der Waals surface area contributed by atoms with Crippen molar-refractivity contribution in [1.29, 1.82) is 0 Å². The molecule has 1 aliphatic carbocycles. The lowest BCUT2D eigenvalue weighted by atomic mass is 10.0. The number of halogens is 1. The Bertz CT molecular complexity index is 366. The molecule has 1 aromatic carbocycles. The van der Waals surface area contributed by atoms with Gasteiger partial charge in [0, 0.05) is 11.6 Å². The van der Waals surface area contributed by atoms with Gasteiger partial charge in [0.05, 0.1) is 6.61 Å². The highest BCUT2D eigenvalue weighted by Crippen LogP contribution is 2.40. The number of aromatic hydroxyl groups is 1. The van der Waals surface area contributed by atoms with Crippen LogP contribution in [0.15, 0.2) is 18.2 Å². The van der Waals surface area contributed by atoms with Gasteiger partial charge in [-0.1, -0.05) is 25.0 Å². The Kier molecular flexibility index (Phi) is 5.09. The summed E-state index contributed by atoms with van der Waals surface area (Å²) in [4.78, 5) is 0. The SMILES string of the molecule is CCOc1cccc([C@H](N)CC2CC2)c1O.Cl. The summed E-state index contributed by atoms with van der Waals surface area (Å²) in [7, 11) is 0. The molecular formula is C13H20ClNO2. The van der Waals surface area contributed by atoms with Crippen LogP contribution in [0.2, 0.25) is 0 Å². The first-order chi connectivity index (χ1) is 7.72. The molecule has 0 spiro atoms. The van der Waals surface area contributed by atoms with Crippen LogP contribution in [0.25, 0.3) is 0 Å². The summed E-state index contributed by atoms with van der Waals surface area (Å²) in [5.41, 5.74) is 6.89. The van der Waals surface area contributed by atoms with E-state index in [4.69, 9.17) is 10.5 Å². The molecule has 17 heavy (non-hydrogen) atoms. The third kappa shape index (κ3) is 3.51. The number of rotatable bonds is 5. The number of para-hydroxylation sites is 1. The Morgan fingerprint density at radius 2 is 2.18 bits per heavy atom. The van der Waals surface area contributed by atoms with E-state index >= 15 is 0 Å². The number of hydrogen-bond acceptors (Lipinski definition) is 3. The molecule has 0 aromatic heterocycles. The number of benzene rings is 1. The molecule has 3 N–H and O–H groups in total. The van der Waals surface area contributed by atoms with Crippen LogP contribution in [0.3, 0.4) is 0 Å². The Labute approximate surface area is 108 Å². The van der Waals surface area contributed by atoms with E-state index < -0.39 is 0 Å². The molecule has 1 atom stereocenters. The van der Waals surface area contributed by atoms with Gasteiger partial charge in [0.1, 0.15) is 0 Å². The number of hydrogen-bond donors (Lipinski definition) is 2. The number of nitrogens with two attached hydrogens (primary N) is 1. The Hall–Kier alpha value is -0.930. The third-order valence-corrected chi connectivity index (χ3v) is 3.01. The zero-order valence-electron chi connectivity index (χ0n) is 10.1. The number of phenolic OH excluding ortho intramolecular Hbond substituents is 1. The van der Waals surface area contributed by atoms with E-state index in [1.165, 1.54) is 12.8 Å². The molecule has 0 bridgehead atoms. The van der Waals surface area contributed by atoms with Crippen molar-refractivity contribution in [2.75, 3.05) is 6.61 Å². The molecule has 0 saturated heterocycles. The monoisotopic (exact) mass is 257 g/mol. The Balaban J connectivity index is 0.00000144. The van der Waals surface area contributed by atoms with Gasteiger partial charge in [-0.3, -0.25) is 0 Å². The topological polar surface area (TPSA) is 55.5 Å². The first kappa shape index (κ1) is 14.1. The van der Waals surface area contributed by atoms with Crippen LogP contribution >= 0.6 is 12.4 Å². The van der Waals surface area contributed by atoms with Gasteiger partial charge in [-0.15, -0.1) is 12.4 Å². The predicted molar refractivity (Wildman–Crippen MR) is 70.8 cm³/mol. The van der Waals surface area contributed by atoms with Crippen molar-refractivity contribution in [1.82, 2.24) is 0 Å². The second kappa shape index (κ2) is 6.12. The largest absolute Gasteiger partial charge is 0.504 e.